The molecule has 1 aromatic heterocycles. The zero-order valence-electron chi connectivity index (χ0n) is 12.1. The molecule has 3 nitrogen and oxygen atoms in total. The van der Waals surface area contributed by atoms with Gasteiger partial charge in [0.1, 0.15) is 10.8 Å². The van der Waals surface area contributed by atoms with Gasteiger partial charge in [0.05, 0.1) is 0 Å². The van der Waals surface area contributed by atoms with Gasteiger partial charge in [0.2, 0.25) is 0 Å². The van der Waals surface area contributed by atoms with Gasteiger partial charge in [-0.05, 0) is 46.0 Å². The van der Waals surface area contributed by atoms with E-state index in [-0.39, 0.29) is 0 Å². The molecule has 0 bridgehead atoms. The highest BCUT2D eigenvalue weighted by Gasteiger charge is 2.30. The number of hydrogen-bond acceptors (Lipinski definition) is 3. The van der Waals surface area contributed by atoms with Gasteiger partial charge in [0.15, 0.2) is 5.82 Å². The van der Waals surface area contributed by atoms with Crippen molar-refractivity contribution in [2.24, 2.45) is 0 Å². The van der Waals surface area contributed by atoms with Crippen LogP contribution in [0.4, 0.5) is 0 Å². The summed E-state index contributed by atoms with van der Waals surface area (Å²) < 4.78 is 5.86. The minimum Gasteiger partial charge on any atom is -0.368 e. The standard InChI is InChI=1S/C15H23ClN2O/c1-4-15(3,19-5-2)14-17-12-10-8-6-7-9-11(12)13(16)18-14/h4-10H2,1-3H3. The number of rotatable bonds is 4. The number of nitrogens with zero attached hydrogens (tertiary/aromatic N) is 2. The Morgan fingerprint density at radius 1 is 1.16 bits per heavy atom. The SMILES string of the molecule is CCOC(C)(CC)c1nc(Cl)c2c(n1)CCCCC2. The Balaban J connectivity index is 2.42. The van der Waals surface area contributed by atoms with Crippen molar-refractivity contribution in [3.05, 3.63) is 22.2 Å². The Bertz CT molecular complexity index is 450. The molecule has 0 N–H and O–H groups in total. The van der Waals surface area contributed by atoms with Crippen molar-refractivity contribution in [2.75, 3.05) is 6.61 Å². The average molecular weight is 283 g/mol. The molecular formula is C15H23ClN2O. The Labute approximate surface area is 120 Å². The summed E-state index contributed by atoms with van der Waals surface area (Å²) in [6, 6.07) is 0. The first kappa shape index (κ1) is 14.7. The van der Waals surface area contributed by atoms with Crippen LogP contribution in [0, 0.1) is 0 Å². The molecule has 1 aromatic rings. The molecule has 19 heavy (non-hydrogen) atoms. The van der Waals surface area contributed by atoms with Gasteiger partial charge in [0, 0.05) is 17.9 Å². The Kier molecular flexibility index (Phi) is 4.80. The summed E-state index contributed by atoms with van der Waals surface area (Å²) in [5, 5.41) is 0.626. The molecule has 0 spiro atoms. The molecule has 0 amide bonds. The highest BCUT2D eigenvalue weighted by Crippen LogP contribution is 2.31. The maximum Gasteiger partial charge on any atom is 0.161 e. The Morgan fingerprint density at radius 2 is 1.89 bits per heavy atom. The van der Waals surface area contributed by atoms with Crippen LogP contribution in [0.2, 0.25) is 5.15 Å². The molecule has 0 saturated heterocycles. The van der Waals surface area contributed by atoms with E-state index in [1.807, 2.05) is 13.8 Å². The third kappa shape index (κ3) is 3.09. The fraction of sp³-hybridized carbons (Fsp3) is 0.733. The van der Waals surface area contributed by atoms with Gasteiger partial charge in [-0.1, -0.05) is 24.9 Å². The molecule has 0 radical (unpaired) electrons. The molecule has 1 unspecified atom stereocenters. The third-order valence-electron chi connectivity index (χ3n) is 3.99. The van der Waals surface area contributed by atoms with Crippen LogP contribution in [0.1, 0.15) is 63.5 Å². The number of aromatic nitrogens is 2. The molecule has 0 saturated carbocycles. The van der Waals surface area contributed by atoms with Gasteiger partial charge in [0.25, 0.3) is 0 Å². The summed E-state index contributed by atoms with van der Waals surface area (Å²) in [5.74, 6) is 0.738. The quantitative estimate of drug-likeness (QED) is 0.617. The van der Waals surface area contributed by atoms with E-state index in [0.29, 0.717) is 11.8 Å². The Morgan fingerprint density at radius 3 is 2.58 bits per heavy atom. The summed E-state index contributed by atoms with van der Waals surface area (Å²) in [6.45, 7) is 6.80. The minimum absolute atomic E-state index is 0.431. The molecule has 106 valence electrons. The predicted molar refractivity (Wildman–Crippen MR) is 77.6 cm³/mol. The van der Waals surface area contributed by atoms with Crippen molar-refractivity contribution in [1.82, 2.24) is 9.97 Å². The maximum absolute atomic E-state index is 6.38. The first-order chi connectivity index (χ1) is 9.10. The molecule has 0 aromatic carbocycles. The Hall–Kier alpha value is -0.670. The van der Waals surface area contributed by atoms with Crippen LogP contribution in [0.15, 0.2) is 0 Å². The lowest BCUT2D eigenvalue weighted by atomic mass is 10.0. The van der Waals surface area contributed by atoms with E-state index in [1.54, 1.807) is 0 Å². The molecule has 2 rings (SSSR count). The van der Waals surface area contributed by atoms with E-state index in [1.165, 1.54) is 19.3 Å². The fourth-order valence-electron chi connectivity index (χ4n) is 2.60. The third-order valence-corrected chi connectivity index (χ3v) is 4.31. The van der Waals surface area contributed by atoms with Crippen LogP contribution < -0.4 is 0 Å². The first-order valence-corrected chi connectivity index (χ1v) is 7.68. The number of hydrogen-bond donors (Lipinski definition) is 0. The minimum atomic E-state index is -0.431. The van der Waals surface area contributed by atoms with Crippen LogP contribution in [0.25, 0.3) is 0 Å². The van der Waals surface area contributed by atoms with E-state index < -0.39 is 5.60 Å². The summed E-state index contributed by atoms with van der Waals surface area (Å²) >= 11 is 6.38. The molecule has 1 heterocycles. The number of aryl methyl sites for hydroxylation is 1. The highest BCUT2D eigenvalue weighted by atomic mass is 35.5. The molecule has 1 aliphatic rings. The predicted octanol–water partition coefficient (Wildman–Crippen LogP) is 4.06. The van der Waals surface area contributed by atoms with Crippen LogP contribution in [-0.4, -0.2) is 16.6 Å². The van der Waals surface area contributed by atoms with Gasteiger partial charge in [-0.25, -0.2) is 9.97 Å². The van der Waals surface area contributed by atoms with Crippen molar-refractivity contribution in [2.45, 2.75) is 64.9 Å². The van der Waals surface area contributed by atoms with Crippen LogP contribution in [-0.2, 0) is 23.2 Å². The zero-order chi connectivity index (χ0) is 13.9. The van der Waals surface area contributed by atoms with Crippen LogP contribution in [0.3, 0.4) is 0 Å². The van der Waals surface area contributed by atoms with Gasteiger partial charge < -0.3 is 4.74 Å². The van der Waals surface area contributed by atoms with Crippen molar-refractivity contribution in [1.29, 1.82) is 0 Å². The van der Waals surface area contributed by atoms with Crippen molar-refractivity contribution in [3.8, 4) is 0 Å². The summed E-state index contributed by atoms with van der Waals surface area (Å²) in [6.07, 6.45) is 6.49. The fourth-order valence-corrected chi connectivity index (χ4v) is 2.89. The lowest BCUT2D eigenvalue weighted by Crippen LogP contribution is -2.28. The topological polar surface area (TPSA) is 35.0 Å². The summed E-state index contributed by atoms with van der Waals surface area (Å²) in [4.78, 5) is 9.29. The second kappa shape index (κ2) is 6.19. The maximum atomic E-state index is 6.38. The van der Waals surface area contributed by atoms with Crippen molar-refractivity contribution < 1.29 is 4.74 Å². The van der Waals surface area contributed by atoms with Gasteiger partial charge in [-0.15, -0.1) is 0 Å². The second-order valence-electron chi connectivity index (χ2n) is 5.34. The normalized spacial score (nSPS) is 18.5. The zero-order valence-corrected chi connectivity index (χ0v) is 12.9. The van der Waals surface area contributed by atoms with Crippen molar-refractivity contribution in [3.63, 3.8) is 0 Å². The molecular weight excluding hydrogens is 260 g/mol. The summed E-state index contributed by atoms with van der Waals surface area (Å²) in [7, 11) is 0. The lowest BCUT2D eigenvalue weighted by Gasteiger charge is -2.27. The second-order valence-corrected chi connectivity index (χ2v) is 5.70. The van der Waals surface area contributed by atoms with E-state index in [0.717, 1.165) is 36.3 Å². The van der Waals surface area contributed by atoms with E-state index in [4.69, 9.17) is 21.3 Å². The van der Waals surface area contributed by atoms with E-state index in [2.05, 4.69) is 11.9 Å². The highest BCUT2D eigenvalue weighted by molar-refractivity contribution is 6.30. The summed E-state index contributed by atoms with van der Waals surface area (Å²) in [5.41, 5.74) is 1.85. The lowest BCUT2D eigenvalue weighted by molar-refractivity contribution is -0.0392. The van der Waals surface area contributed by atoms with Crippen LogP contribution in [0.5, 0.6) is 0 Å². The number of ether oxygens (including phenoxy) is 1. The monoisotopic (exact) mass is 282 g/mol. The molecule has 1 atom stereocenters. The number of fused-ring (bicyclic) bond motifs is 1. The first-order valence-electron chi connectivity index (χ1n) is 7.30. The molecule has 0 fully saturated rings. The van der Waals surface area contributed by atoms with Gasteiger partial charge in [-0.2, -0.15) is 0 Å². The van der Waals surface area contributed by atoms with E-state index >= 15 is 0 Å². The van der Waals surface area contributed by atoms with E-state index in [9.17, 15) is 0 Å². The average Bonchev–Trinajstić information content (AvgIpc) is 2.64. The van der Waals surface area contributed by atoms with Gasteiger partial charge >= 0.3 is 0 Å². The van der Waals surface area contributed by atoms with Gasteiger partial charge in [-0.3, -0.25) is 0 Å². The number of halogens is 1. The smallest absolute Gasteiger partial charge is 0.161 e. The van der Waals surface area contributed by atoms with Crippen LogP contribution >= 0.6 is 11.6 Å². The molecule has 1 aliphatic carbocycles. The molecule has 4 heteroatoms. The molecule has 0 aliphatic heterocycles. The van der Waals surface area contributed by atoms with Crippen molar-refractivity contribution >= 4 is 11.6 Å². The largest absolute Gasteiger partial charge is 0.368 e.